The largest absolute Gasteiger partial charge is 0.508 e. The van der Waals surface area contributed by atoms with Crippen LogP contribution in [0.4, 0.5) is 0 Å². The van der Waals surface area contributed by atoms with Crippen molar-refractivity contribution in [1.29, 1.82) is 0 Å². The molecule has 0 saturated heterocycles. The number of rotatable bonds is 3. The molecule has 0 aliphatic carbocycles. The second-order valence-electron chi connectivity index (χ2n) is 7.35. The van der Waals surface area contributed by atoms with Crippen molar-refractivity contribution >= 4 is 22.8 Å². The normalized spacial score (nSPS) is 14.1. The van der Waals surface area contributed by atoms with Gasteiger partial charge in [-0.3, -0.25) is 4.79 Å². The summed E-state index contributed by atoms with van der Waals surface area (Å²) in [6.45, 7) is 0. The lowest BCUT2D eigenvalue weighted by atomic mass is 10.0. The smallest absolute Gasteiger partial charge is 0.235 e. The summed E-state index contributed by atoms with van der Waals surface area (Å²) in [4.78, 5) is 13.0. The van der Waals surface area contributed by atoms with Crippen molar-refractivity contribution in [2.75, 3.05) is 7.11 Å². The number of phenols is 2. The summed E-state index contributed by atoms with van der Waals surface area (Å²) in [6, 6.07) is 18.1. The van der Waals surface area contributed by atoms with Gasteiger partial charge >= 0.3 is 0 Å². The van der Waals surface area contributed by atoms with E-state index in [9.17, 15) is 15.0 Å². The number of ether oxygens (including phenoxy) is 2. The van der Waals surface area contributed by atoms with Gasteiger partial charge in [0.25, 0.3) is 0 Å². The molecule has 1 aliphatic heterocycles. The number of hydrogen-bond acceptors (Lipinski definition) is 5. The van der Waals surface area contributed by atoms with Gasteiger partial charge in [-0.2, -0.15) is 0 Å². The topological polar surface area (TPSA) is 80.9 Å². The van der Waals surface area contributed by atoms with Crippen molar-refractivity contribution in [3.8, 4) is 34.3 Å². The first-order chi connectivity index (χ1) is 15.0. The molecule has 0 saturated carbocycles. The number of carbonyl (C=O) groups is 1. The SMILES string of the molecule is COc1cccc(-c2c(C=C3Oc4cc(O)cc(O)c4C3=O)c3ccccc3n2C)c1. The van der Waals surface area contributed by atoms with E-state index in [0.717, 1.165) is 39.5 Å². The van der Waals surface area contributed by atoms with E-state index in [1.165, 1.54) is 6.07 Å². The van der Waals surface area contributed by atoms with E-state index in [-0.39, 0.29) is 28.6 Å². The van der Waals surface area contributed by atoms with Crippen LogP contribution in [0.15, 0.2) is 66.4 Å². The number of phenolic OH excluding ortho intramolecular Hbond substituents is 2. The molecule has 3 aromatic carbocycles. The molecule has 0 unspecified atom stereocenters. The Morgan fingerprint density at radius 1 is 1.03 bits per heavy atom. The molecule has 1 aliphatic rings. The van der Waals surface area contributed by atoms with Crippen molar-refractivity contribution < 1.29 is 24.5 Å². The number of carbonyl (C=O) groups excluding carboxylic acids is 1. The Balaban J connectivity index is 1.74. The van der Waals surface area contributed by atoms with Gasteiger partial charge in [0.05, 0.1) is 12.8 Å². The third kappa shape index (κ3) is 2.92. The molecule has 0 bridgehead atoms. The van der Waals surface area contributed by atoms with E-state index >= 15 is 0 Å². The summed E-state index contributed by atoms with van der Waals surface area (Å²) >= 11 is 0. The Bertz CT molecular complexity index is 1400. The van der Waals surface area contributed by atoms with Crippen molar-refractivity contribution in [1.82, 2.24) is 4.57 Å². The second-order valence-corrected chi connectivity index (χ2v) is 7.35. The molecule has 0 atom stereocenters. The number of ketones is 1. The molecule has 0 radical (unpaired) electrons. The average Bonchev–Trinajstić information content (AvgIpc) is 3.22. The molecular formula is C25H19NO5. The molecule has 5 rings (SSSR count). The molecule has 0 spiro atoms. The predicted molar refractivity (Wildman–Crippen MR) is 118 cm³/mol. The number of methoxy groups -OCH3 is 1. The number of aromatic nitrogens is 1. The fraction of sp³-hybridized carbons (Fsp3) is 0.0800. The Morgan fingerprint density at radius 3 is 2.65 bits per heavy atom. The summed E-state index contributed by atoms with van der Waals surface area (Å²) in [6.07, 6.45) is 1.69. The Morgan fingerprint density at radius 2 is 1.84 bits per heavy atom. The van der Waals surface area contributed by atoms with Crippen LogP contribution >= 0.6 is 0 Å². The third-order valence-corrected chi connectivity index (χ3v) is 5.50. The van der Waals surface area contributed by atoms with Crippen LogP contribution in [0.25, 0.3) is 28.2 Å². The van der Waals surface area contributed by atoms with Gasteiger partial charge in [0, 0.05) is 41.2 Å². The average molecular weight is 413 g/mol. The predicted octanol–water partition coefficient (Wildman–Crippen LogP) is 4.88. The van der Waals surface area contributed by atoms with E-state index < -0.39 is 5.78 Å². The van der Waals surface area contributed by atoms with E-state index in [1.54, 1.807) is 13.2 Å². The van der Waals surface area contributed by atoms with Crippen molar-refractivity contribution in [3.63, 3.8) is 0 Å². The van der Waals surface area contributed by atoms with E-state index in [4.69, 9.17) is 9.47 Å². The van der Waals surface area contributed by atoms with Gasteiger partial charge in [-0.05, 0) is 24.3 Å². The first kappa shape index (κ1) is 18.8. The van der Waals surface area contributed by atoms with Crippen molar-refractivity contribution in [3.05, 3.63) is 77.5 Å². The number of benzene rings is 3. The molecule has 6 nitrogen and oxygen atoms in total. The number of hydrogen-bond donors (Lipinski definition) is 2. The minimum absolute atomic E-state index is 0.0483. The Kier molecular flexibility index (Phi) is 4.22. The standard InChI is InChI=1S/C25H19NO5/c1-26-19-9-4-3-8-17(19)18(24(26)14-6-5-7-16(10-14)30-2)13-22-25(29)23-20(28)11-15(27)12-21(23)31-22/h3-13,27-28H,1-2H3. The lowest BCUT2D eigenvalue weighted by Crippen LogP contribution is -1.99. The molecule has 31 heavy (non-hydrogen) atoms. The van der Waals surface area contributed by atoms with Gasteiger partial charge in [0.1, 0.15) is 28.6 Å². The van der Waals surface area contributed by atoms with Gasteiger partial charge in [-0.25, -0.2) is 0 Å². The zero-order valence-corrected chi connectivity index (χ0v) is 16.9. The molecule has 0 fully saturated rings. The molecule has 154 valence electrons. The summed E-state index contributed by atoms with van der Waals surface area (Å²) in [7, 11) is 3.59. The number of nitrogens with zero attached hydrogens (tertiary/aromatic N) is 1. The first-order valence-corrected chi connectivity index (χ1v) is 9.70. The second kappa shape index (κ2) is 6.95. The Hall–Kier alpha value is -4.19. The maximum atomic E-state index is 13.0. The van der Waals surface area contributed by atoms with Gasteiger partial charge in [0.2, 0.25) is 5.78 Å². The zero-order valence-electron chi connectivity index (χ0n) is 16.9. The summed E-state index contributed by atoms with van der Waals surface area (Å²) < 4.78 is 13.2. The molecule has 6 heteroatoms. The number of Topliss-reactive ketones (excluding diaryl/α,β-unsaturated/α-hetero) is 1. The maximum Gasteiger partial charge on any atom is 0.235 e. The molecule has 4 aromatic rings. The number of fused-ring (bicyclic) bond motifs is 2. The maximum absolute atomic E-state index is 13.0. The van der Waals surface area contributed by atoms with Crippen LogP contribution in [-0.4, -0.2) is 27.7 Å². The van der Waals surface area contributed by atoms with Gasteiger partial charge in [-0.15, -0.1) is 0 Å². The Labute approximate surface area is 178 Å². The van der Waals surface area contributed by atoms with Crippen LogP contribution in [0.2, 0.25) is 0 Å². The fourth-order valence-corrected chi connectivity index (χ4v) is 4.10. The number of allylic oxidation sites excluding steroid dienone is 1. The third-order valence-electron chi connectivity index (χ3n) is 5.50. The van der Waals surface area contributed by atoms with Crippen LogP contribution in [0.5, 0.6) is 23.0 Å². The van der Waals surface area contributed by atoms with Crippen molar-refractivity contribution in [2.24, 2.45) is 7.05 Å². The lowest BCUT2D eigenvalue weighted by molar-refractivity contribution is 0.101. The van der Waals surface area contributed by atoms with Crippen LogP contribution in [0.1, 0.15) is 15.9 Å². The highest BCUT2D eigenvalue weighted by molar-refractivity contribution is 6.17. The fourth-order valence-electron chi connectivity index (χ4n) is 4.10. The monoisotopic (exact) mass is 413 g/mol. The zero-order chi connectivity index (χ0) is 21.7. The van der Waals surface area contributed by atoms with Crippen LogP contribution in [0.3, 0.4) is 0 Å². The van der Waals surface area contributed by atoms with Gasteiger partial charge in [-0.1, -0.05) is 30.3 Å². The van der Waals surface area contributed by atoms with Gasteiger partial charge in [0.15, 0.2) is 5.76 Å². The number of para-hydroxylation sites is 1. The van der Waals surface area contributed by atoms with E-state index in [0.29, 0.717) is 0 Å². The number of aromatic hydroxyl groups is 2. The van der Waals surface area contributed by atoms with E-state index in [2.05, 4.69) is 4.57 Å². The highest BCUT2D eigenvalue weighted by Crippen LogP contribution is 2.42. The summed E-state index contributed by atoms with van der Waals surface area (Å²) in [5.41, 5.74) is 3.68. The molecule has 2 heterocycles. The quantitative estimate of drug-likeness (QED) is 0.468. The minimum Gasteiger partial charge on any atom is -0.508 e. The molecule has 1 aromatic heterocycles. The summed E-state index contributed by atoms with van der Waals surface area (Å²) in [5.74, 6) is 0.0227. The highest BCUT2D eigenvalue weighted by Gasteiger charge is 2.32. The molecule has 0 amide bonds. The van der Waals surface area contributed by atoms with Crippen LogP contribution in [0, 0.1) is 0 Å². The molecular weight excluding hydrogens is 394 g/mol. The van der Waals surface area contributed by atoms with E-state index in [1.807, 2.05) is 55.6 Å². The number of aryl methyl sites for hydroxylation is 1. The van der Waals surface area contributed by atoms with Crippen LogP contribution < -0.4 is 9.47 Å². The highest BCUT2D eigenvalue weighted by atomic mass is 16.5. The minimum atomic E-state index is -0.433. The van der Waals surface area contributed by atoms with Gasteiger partial charge < -0.3 is 24.3 Å². The first-order valence-electron chi connectivity index (χ1n) is 9.70. The lowest BCUT2D eigenvalue weighted by Gasteiger charge is -2.09. The summed E-state index contributed by atoms with van der Waals surface area (Å²) in [5, 5.41) is 20.8. The van der Waals surface area contributed by atoms with Crippen LogP contribution in [-0.2, 0) is 7.05 Å². The van der Waals surface area contributed by atoms with Crippen molar-refractivity contribution in [2.45, 2.75) is 0 Å². The molecule has 2 N–H and O–H groups in total.